The lowest BCUT2D eigenvalue weighted by atomic mass is 10.0. The lowest BCUT2D eigenvalue weighted by Gasteiger charge is -2.16. The van der Waals surface area contributed by atoms with Crippen molar-refractivity contribution in [3.8, 4) is 0 Å². The van der Waals surface area contributed by atoms with Crippen LogP contribution in [0.5, 0.6) is 0 Å². The molecule has 0 radical (unpaired) electrons. The van der Waals surface area contributed by atoms with E-state index >= 15 is 0 Å². The topological polar surface area (TPSA) is 72.2 Å². The standard InChI is InChI=1S/C17H15F2IN2O2/c18-12-6-5-10(13(19)9-12)8-16(23)22-15(17(21)24)7-11-3-1-2-4-14(11)20/h1-6,9,15H,7-8H2,(H2,21,24)(H,22,23)/t15-/m1/s1. The summed E-state index contributed by atoms with van der Waals surface area (Å²) in [6.45, 7) is 0. The van der Waals surface area contributed by atoms with Gasteiger partial charge in [0.1, 0.15) is 17.7 Å². The first-order valence-electron chi connectivity index (χ1n) is 7.13. The van der Waals surface area contributed by atoms with Gasteiger partial charge in [-0.3, -0.25) is 9.59 Å². The van der Waals surface area contributed by atoms with Crippen molar-refractivity contribution in [3.63, 3.8) is 0 Å². The van der Waals surface area contributed by atoms with Crippen LogP contribution in [-0.2, 0) is 22.4 Å². The van der Waals surface area contributed by atoms with E-state index in [2.05, 4.69) is 27.9 Å². The Balaban J connectivity index is 2.06. The maximum Gasteiger partial charge on any atom is 0.240 e. The van der Waals surface area contributed by atoms with E-state index in [1.807, 2.05) is 24.3 Å². The Morgan fingerprint density at radius 3 is 2.46 bits per heavy atom. The first-order valence-corrected chi connectivity index (χ1v) is 8.20. The summed E-state index contributed by atoms with van der Waals surface area (Å²) in [5.41, 5.74) is 6.26. The van der Waals surface area contributed by atoms with Gasteiger partial charge in [-0.25, -0.2) is 8.78 Å². The molecule has 0 aliphatic carbocycles. The average molecular weight is 444 g/mol. The highest BCUT2D eigenvalue weighted by Crippen LogP contribution is 2.14. The monoisotopic (exact) mass is 444 g/mol. The van der Waals surface area contributed by atoms with Gasteiger partial charge in [-0.05, 0) is 45.9 Å². The molecule has 0 heterocycles. The van der Waals surface area contributed by atoms with E-state index in [0.717, 1.165) is 15.2 Å². The Morgan fingerprint density at radius 2 is 1.83 bits per heavy atom. The number of halogens is 3. The van der Waals surface area contributed by atoms with Crippen molar-refractivity contribution in [2.45, 2.75) is 18.9 Å². The fourth-order valence-corrected chi connectivity index (χ4v) is 2.80. The van der Waals surface area contributed by atoms with Crippen LogP contribution in [0.2, 0.25) is 0 Å². The number of nitrogens with two attached hydrogens (primary N) is 1. The van der Waals surface area contributed by atoms with Crippen molar-refractivity contribution in [2.24, 2.45) is 5.73 Å². The Hall–Kier alpha value is -2.03. The molecule has 2 rings (SSSR count). The van der Waals surface area contributed by atoms with Crippen LogP contribution < -0.4 is 11.1 Å². The molecule has 0 fully saturated rings. The van der Waals surface area contributed by atoms with E-state index in [9.17, 15) is 18.4 Å². The van der Waals surface area contributed by atoms with Gasteiger partial charge in [-0.2, -0.15) is 0 Å². The minimum absolute atomic E-state index is 0.0476. The van der Waals surface area contributed by atoms with Crippen LogP contribution in [0.15, 0.2) is 42.5 Å². The third-order valence-electron chi connectivity index (χ3n) is 3.43. The molecule has 0 bridgehead atoms. The lowest BCUT2D eigenvalue weighted by Crippen LogP contribution is -2.46. The number of carbonyl (C=O) groups excluding carboxylic acids is 2. The fraction of sp³-hybridized carbons (Fsp3) is 0.176. The molecule has 0 aromatic heterocycles. The smallest absolute Gasteiger partial charge is 0.240 e. The van der Waals surface area contributed by atoms with Gasteiger partial charge in [-0.1, -0.05) is 24.3 Å². The zero-order valence-electron chi connectivity index (χ0n) is 12.6. The molecule has 3 N–H and O–H groups in total. The van der Waals surface area contributed by atoms with Gasteiger partial charge in [0.25, 0.3) is 0 Å². The van der Waals surface area contributed by atoms with Crippen molar-refractivity contribution in [1.82, 2.24) is 5.32 Å². The van der Waals surface area contributed by atoms with Crippen molar-refractivity contribution in [3.05, 3.63) is 68.8 Å². The zero-order chi connectivity index (χ0) is 17.7. The third-order valence-corrected chi connectivity index (χ3v) is 4.48. The van der Waals surface area contributed by atoms with Gasteiger partial charge >= 0.3 is 0 Å². The quantitative estimate of drug-likeness (QED) is 0.672. The maximum absolute atomic E-state index is 13.6. The summed E-state index contributed by atoms with van der Waals surface area (Å²) < 4.78 is 27.4. The molecule has 0 aliphatic rings. The molecule has 0 spiro atoms. The molecule has 0 aliphatic heterocycles. The fourth-order valence-electron chi connectivity index (χ4n) is 2.19. The second-order valence-electron chi connectivity index (χ2n) is 5.23. The van der Waals surface area contributed by atoms with E-state index < -0.39 is 29.5 Å². The minimum atomic E-state index is -0.906. The first kappa shape index (κ1) is 18.3. The molecule has 24 heavy (non-hydrogen) atoms. The van der Waals surface area contributed by atoms with Crippen molar-refractivity contribution >= 4 is 34.4 Å². The Labute approximate surface area is 151 Å². The van der Waals surface area contributed by atoms with Crippen LogP contribution in [0.3, 0.4) is 0 Å². The van der Waals surface area contributed by atoms with Gasteiger partial charge in [0, 0.05) is 16.1 Å². The number of primary amides is 1. The second-order valence-corrected chi connectivity index (χ2v) is 6.39. The summed E-state index contributed by atoms with van der Waals surface area (Å²) in [5, 5.41) is 2.51. The summed E-state index contributed by atoms with van der Waals surface area (Å²) in [7, 11) is 0. The zero-order valence-corrected chi connectivity index (χ0v) is 14.7. The molecule has 2 aromatic rings. The van der Waals surface area contributed by atoms with Gasteiger partial charge in [0.15, 0.2) is 0 Å². The predicted molar refractivity (Wildman–Crippen MR) is 94.1 cm³/mol. The average Bonchev–Trinajstić information content (AvgIpc) is 2.51. The highest BCUT2D eigenvalue weighted by atomic mass is 127. The molecule has 7 heteroatoms. The number of hydrogen-bond donors (Lipinski definition) is 2. The Bertz CT molecular complexity index is 768. The maximum atomic E-state index is 13.6. The van der Waals surface area contributed by atoms with Crippen LogP contribution in [0.1, 0.15) is 11.1 Å². The number of nitrogens with one attached hydrogen (secondary N) is 1. The number of benzene rings is 2. The number of hydrogen-bond acceptors (Lipinski definition) is 2. The normalized spacial score (nSPS) is 11.8. The molecule has 2 amide bonds. The second kappa shape index (κ2) is 8.18. The molecular formula is C17H15F2IN2O2. The molecule has 1 atom stereocenters. The third kappa shape index (κ3) is 4.98. The van der Waals surface area contributed by atoms with Gasteiger partial charge in [-0.15, -0.1) is 0 Å². The van der Waals surface area contributed by atoms with E-state index in [-0.39, 0.29) is 18.4 Å². The predicted octanol–water partition coefficient (Wildman–Crippen LogP) is 2.32. The molecule has 0 saturated heterocycles. The Kier molecular flexibility index (Phi) is 6.24. The van der Waals surface area contributed by atoms with Gasteiger partial charge in [0.2, 0.25) is 11.8 Å². The summed E-state index contributed by atoms with van der Waals surface area (Å²) in [4.78, 5) is 23.7. The molecule has 126 valence electrons. The molecule has 0 unspecified atom stereocenters. The van der Waals surface area contributed by atoms with Crippen LogP contribution in [0.25, 0.3) is 0 Å². The van der Waals surface area contributed by atoms with Crippen molar-refractivity contribution in [1.29, 1.82) is 0 Å². The highest BCUT2D eigenvalue weighted by molar-refractivity contribution is 14.1. The molecule has 4 nitrogen and oxygen atoms in total. The van der Waals surface area contributed by atoms with Crippen LogP contribution in [-0.4, -0.2) is 17.9 Å². The largest absolute Gasteiger partial charge is 0.368 e. The highest BCUT2D eigenvalue weighted by Gasteiger charge is 2.20. The molecular weight excluding hydrogens is 429 g/mol. The van der Waals surface area contributed by atoms with Gasteiger partial charge in [0.05, 0.1) is 6.42 Å². The lowest BCUT2D eigenvalue weighted by molar-refractivity contribution is -0.127. The van der Waals surface area contributed by atoms with Crippen LogP contribution in [0.4, 0.5) is 8.78 Å². The van der Waals surface area contributed by atoms with Crippen molar-refractivity contribution < 1.29 is 18.4 Å². The summed E-state index contributed by atoms with van der Waals surface area (Å²) in [6.07, 6.45) is -0.0616. The summed E-state index contributed by atoms with van der Waals surface area (Å²) >= 11 is 2.13. The van der Waals surface area contributed by atoms with E-state index in [1.165, 1.54) is 6.07 Å². The van der Waals surface area contributed by atoms with Gasteiger partial charge < -0.3 is 11.1 Å². The number of carbonyl (C=O) groups is 2. The first-order chi connectivity index (χ1) is 11.4. The SMILES string of the molecule is NC(=O)[C@@H](Cc1ccccc1I)NC(=O)Cc1ccc(F)cc1F. The summed E-state index contributed by atoms with van der Waals surface area (Å²) in [6, 6.07) is 9.48. The van der Waals surface area contributed by atoms with E-state index in [1.54, 1.807) is 0 Å². The number of amides is 2. The van der Waals surface area contributed by atoms with E-state index in [0.29, 0.717) is 6.07 Å². The van der Waals surface area contributed by atoms with Crippen LogP contribution >= 0.6 is 22.6 Å². The molecule has 2 aromatic carbocycles. The van der Waals surface area contributed by atoms with E-state index in [4.69, 9.17) is 5.73 Å². The number of rotatable bonds is 6. The summed E-state index contributed by atoms with van der Waals surface area (Å²) in [5.74, 6) is -2.76. The van der Waals surface area contributed by atoms with Crippen molar-refractivity contribution in [2.75, 3.05) is 0 Å². The minimum Gasteiger partial charge on any atom is -0.368 e. The Morgan fingerprint density at radius 1 is 1.12 bits per heavy atom. The van der Waals surface area contributed by atoms with Crippen LogP contribution in [0, 0.1) is 15.2 Å². The molecule has 0 saturated carbocycles.